The number of amides is 1. The van der Waals surface area contributed by atoms with Crippen LogP contribution in [0.5, 0.6) is 5.75 Å². The Bertz CT molecular complexity index is 1590. The quantitative estimate of drug-likeness (QED) is 0.336. The summed E-state index contributed by atoms with van der Waals surface area (Å²) in [7, 11) is 1.36. The number of methoxy groups -OCH3 is 1. The van der Waals surface area contributed by atoms with Gasteiger partial charge in [0.2, 0.25) is 0 Å². The first-order valence-electron chi connectivity index (χ1n) is 11.6. The van der Waals surface area contributed by atoms with Gasteiger partial charge in [0.1, 0.15) is 0 Å². The molecule has 9 nitrogen and oxygen atoms in total. The van der Waals surface area contributed by atoms with Crippen LogP contribution in [-0.2, 0) is 4.79 Å². The minimum Gasteiger partial charge on any atom is -0.490 e. The number of likely N-dealkylation sites (N-methyl/N-ethyl adjacent to an activating group) is 1. The maximum Gasteiger partial charge on any atom is 0.311 e. The highest BCUT2D eigenvalue weighted by Crippen LogP contribution is 2.32. The van der Waals surface area contributed by atoms with E-state index >= 15 is 0 Å². The van der Waals surface area contributed by atoms with Crippen molar-refractivity contribution in [2.24, 2.45) is 4.99 Å². The third kappa shape index (κ3) is 4.94. The van der Waals surface area contributed by atoms with Crippen molar-refractivity contribution in [1.82, 2.24) is 9.47 Å². The molecule has 37 heavy (non-hydrogen) atoms. The molecule has 2 aromatic carbocycles. The molecular weight excluding hydrogens is 516 g/mol. The number of nitro groups is 1. The molecule has 11 heteroatoms. The number of benzene rings is 2. The first-order valence-corrected chi connectivity index (χ1v) is 12.8. The van der Waals surface area contributed by atoms with E-state index in [1.165, 1.54) is 23.8 Å². The van der Waals surface area contributed by atoms with Crippen LogP contribution >= 0.6 is 22.9 Å². The monoisotopic (exact) mass is 540 g/mol. The van der Waals surface area contributed by atoms with Crippen molar-refractivity contribution in [1.29, 1.82) is 0 Å². The van der Waals surface area contributed by atoms with Gasteiger partial charge in [0.05, 0.1) is 33.9 Å². The number of nitro benzene ring substituents is 1. The normalized spacial score (nSPS) is 15.3. The number of hydrogen-bond donors (Lipinski definition) is 0. The Kier molecular flexibility index (Phi) is 7.60. The Morgan fingerprint density at radius 2 is 1.92 bits per heavy atom. The molecule has 0 spiro atoms. The van der Waals surface area contributed by atoms with E-state index in [2.05, 4.69) is 4.99 Å². The highest BCUT2D eigenvalue weighted by atomic mass is 35.5. The minimum atomic E-state index is -0.700. The highest BCUT2D eigenvalue weighted by molar-refractivity contribution is 7.07. The zero-order valence-corrected chi connectivity index (χ0v) is 22.3. The van der Waals surface area contributed by atoms with Gasteiger partial charge < -0.3 is 9.64 Å². The van der Waals surface area contributed by atoms with Crippen LogP contribution in [0.1, 0.15) is 37.9 Å². The molecule has 1 atom stereocenters. The summed E-state index contributed by atoms with van der Waals surface area (Å²) in [5.41, 5.74) is 1.60. The molecule has 1 aromatic heterocycles. The lowest BCUT2D eigenvalue weighted by Crippen LogP contribution is -2.43. The topological polar surface area (TPSA) is 107 Å². The number of allylic oxidation sites excluding steroid dienone is 1. The molecule has 1 amide bonds. The van der Waals surface area contributed by atoms with E-state index < -0.39 is 11.0 Å². The number of rotatable bonds is 7. The summed E-state index contributed by atoms with van der Waals surface area (Å²) in [6.07, 6.45) is 1.58. The lowest BCUT2D eigenvalue weighted by atomic mass is 9.94. The Hall–Kier alpha value is -3.76. The van der Waals surface area contributed by atoms with Gasteiger partial charge in [-0.05, 0) is 56.2 Å². The van der Waals surface area contributed by atoms with Crippen molar-refractivity contribution in [2.45, 2.75) is 26.8 Å². The van der Waals surface area contributed by atoms with E-state index in [9.17, 15) is 19.7 Å². The molecule has 0 saturated carbocycles. The lowest BCUT2D eigenvalue weighted by molar-refractivity contribution is -0.385. The smallest absolute Gasteiger partial charge is 0.311 e. The zero-order chi connectivity index (χ0) is 26.9. The van der Waals surface area contributed by atoms with Crippen molar-refractivity contribution in [3.05, 3.63) is 99.7 Å². The number of fused-ring (bicyclic) bond motifs is 1. The average molecular weight is 541 g/mol. The van der Waals surface area contributed by atoms with Gasteiger partial charge >= 0.3 is 5.69 Å². The van der Waals surface area contributed by atoms with Crippen molar-refractivity contribution in [3.63, 3.8) is 0 Å². The molecule has 1 aliphatic heterocycles. The fourth-order valence-corrected chi connectivity index (χ4v) is 5.50. The first-order chi connectivity index (χ1) is 17.7. The summed E-state index contributed by atoms with van der Waals surface area (Å²) in [6, 6.07) is 10.8. The molecule has 0 radical (unpaired) electrons. The number of carbonyl (C=O) groups is 1. The molecule has 0 bridgehead atoms. The molecular formula is C26H25ClN4O5S. The fraction of sp³-hybridized carbons (Fsp3) is 0.269. The molecule has 0 aliphatic carbocycles. The van der Waals surface area contributed by atoms with Crippen molar-refractivity contribution in [3.8, 4) is 5.75 Å². The third-order valence-electron chi connectivity index (χ3n) is 6.19. The fourth-order valence-electron chi connectivity index (χ4n) is 4.33. The van der Waals surface area contributed by atoms with Gasteiger partial charge in [0.25, 0.3) is 11.5 Å². The summed E-state index contributed by atoms with van der Waals surface area (Å²) in [4.78, 5) is 45.0. The van der Waals surface area contributed by atoms with E-state index in [-0.39, 0.29) is 22.9 Å². The van der Waals surface area contributed by atoms with Gasteiger partial charge in [-0.25, -0.2) is 4.99 Å². The van der Waals surface area contributed by atoms with Gasteiger partial charge in [0.15, 0.2) is 10.6 Å². The molecule has 4 rings (SSSR count). The van der Waals surface area contributed by atoms with Crippen LogP contribution in [0.3, 0.4) is 0 Å². The molecule has 0 fully saturated rings. The molecule has 2 heterocycles. The average Bonchev–Trinajstić information content (AvgIpc) is 3.18. The van der Waals surface area contributed by atoms with Crippen LogP contribution in [0.15, 0.2) is 63.5 Å². The van der Waals surface area contributed by atoms with Crippen molar-refractivity contribution < 1.29 is 14.5 Å². The second kappa shape index (κ2) is 10.7. The zero-order valence-electron chi connectivity index (χ0n) is 20.7. The molecule has 3 aromatic rings. The number of carbonyl (C=O) groups excluding carboxylic acids is 1. The Balaban J connectivity index is 1.94. The van der Waals surface area contributed by atoms with E-state index in [0.717, 1.165) is 16.9 Å². The number of ether oxygens (including phenoxy) is 1. The van der Waals surface area contributed by atoms with Crippen LogP contribution in [0, 0.1) is 10.1 Å². The largest absolute Gasteiger partial charge is 0.490 e. The summed E-state index contributed by atoms with van der Waals surface area (Å²) in [6.45, 7) is 6.60. The molecule has 0 N–H and O–H groups in total. The van der Waals surface area contributed by atoms with Gasteiger partial charge in [-0.1, -0.05) is 41.1 Å². The van der Waals surface area contributed by atoms with Gasteiger partial charge in [-0.2, -0.15) is 0 Å². The van der Waals surface area contributed by atoms with E-state index in [4.69, 9.17) is 16.3 Å². The van der Waals surface area contributed by atoms with Crippen LogP contribution in [0.2, 0.25) is 5.02 Å². The highest BCUT2D eigenvalue weighted by Gasteiger charge is 2.34. The van der Waals surface area contributed by atoms with Crippen molar-refractivity contribution >= 4 is 40.6 Å². The van der Waals surface area contributed by atoms with Gasteiger partial charge in [0, 0.05) is 24.2 Å². The third-order valence-corrected chi connectivity index (χ3v) is 7.42. The maximum absolute atomic E-state index is 13.7. The number of halogens is 1. The minimum absolute atomic E-state index is 0.126. The molecule has 1 aliphatic rings. The number of hydrogen-bond acceptors (Lipinski definition) is 7. The summed E-state index contributed by atoms with van der Waals surface area (Å²) >= 11 is 7.28. The Labute approximate surface area is 221 Å². The standard InChI is InChI=1S/C26H25ClN4O5S/c1-5-29(6-2)25(33)22-15(3)28-26-30(23(22)17-8-10-18(27)11-9-17)24(32)21(37-26)14-16-7-12-20(36-4)19(13-16)31(34)35/h7-14,23H,5-6H2,1-4H3/b21-14+/t23-/m0/s1. The predicted molar refractivity (Wildman–Crippen MR) is 143 cm³/mol. The predicted octanol–water partition coefficient (Wildman–Crippen LogP) is 3.67. The second-order valence-corrected chi connectivity index (χ2v) is 9.74. The summed E-state index contributed by atoms with van der Waals surface area (Å²) < 4.78 is 6.92. The summed E-state index contributed by atoms with van der Waals surface area (Å²) in [5.74, 6) is -0.0622. The Morgan fingerprint density at radius 3 is 2.51 bits per heavy atom. The lowest BCUT2D eigenvalue weighted by Gasteiger charge is -2.29. The number of thiazole rings is 1. The van der Waals surface area contributed by atoms with E-state index in [0.29, 0.717) is 44.3 Å². The van der Waals surface area contributed by atoms with E-state index in [1.807, 2.05) is 13.8 Å². The van der Waals surface area contributed by atoms with Crippen LogP contribution in [0.25, 0.3) is 6.08 Å². The SMILES string of the molecule is CCN(CC)C(=O)C1=C(C)N=c2s/c(=C/c3ccc(OC)c([N+](=O)[O-])c3)c(=O)n2[C@H]1c1ccc(Cl)cc1. The molecule has 0 unspecified atom stereocenters. The van der Waals surface area contributed by atoms with Crippen molar-refractivity contribution in [2.75, 3.05) is 20.2 Å². The number of aromatic nitrogens is 1. The van der Waals surface area contributed by atoms with Gasteiger partial charge in [-0.3, -0.25) is 24.3 Å². The molecule has 192 valence electrons. The van der Waals surface area contributed by atoms with Gasteiger partial charge in [-0.15, -0.1) is 0 Å². The Morgan fingerprint density at radius 1 is 1.24 bits per heavy atom. The first kappa shape index (κ1) is 26.3. The summed E-state index contributed by atoms with van der Waals surface area (Å²) in [5, 5.41) is 12.0. The van der Waals surface area contributed by atoms with E-state index in [1.54, 1.807) is 48.2 Å². The molecule has 0 saturated heterocycles. The van der Waals surface area contributed by atoms with Crippen LogP contribution in [0.4, 0.5) is 5.69 Å². The second-order valence-electron chi connectivity index (χ2n) is 8.30. The number of nitrogens with zero attached hydrogens (tertiary/aromatic N) is 4. The van der Waals surface area contributed by atoms with Crippen LogP contribution < -0.4 is 19.6 Å². The maximum atomic E-state index is 13.7. The van der Waals surface area contributed by atoms with Crippen LogP contribution in [-0.4, -0.2) is 40.5 Å².